The maximum Gasteiger partial charge on any atom is 0.132 e. The van der Waals surface area contributed by atoms with Gasteiger partial charge in [0.25, 0.3) is 0 Å². The van der Waals surface area contributed by atoms with Crippen LogP contribution >= 0.6 is 0 Å². The molecule has 0 fully saturated rings. The fourth-order valence-electron chi connectivity index (χ4n) is 1.74. The van der Waals surface area contributed by atoms with Crippen molar-refractivity contribution >= 4 is 0 Å². The average Bonchev–Trinajstić information content (AvgIpc) is 2.74. The standard InChI is InChI=1S/C12H14FN3O/c1-16-11(5-6-15-16)12(14)9-4-3-8(17-2)7-10(9)13/h3-7,12H,14H2,1-2H3. The maximum absolute atomic E-state index is 13.8. The van der Waals surface area contributed by atoms with Gasteiger partial charge in [-0.15, -0.1) is 0 Å². The second kappa shape index (κ2) is 4.55. The summed E-state index contributed by atoms with van der Waals surface area (Å²) in [4.78, 5) is 0. The van der Waals surface area contributed by atoms with Crippen LogP contribution in [0.5, 0.6) is 5.75 Å². The third kappa shape index (κ3) is 2.14. The number of hydrogen-bond acceptors (Lipinski definition) is 3. The summed E-state index contributed by atoms with van der Waals surface area (Å²) >= 11 is 0. The Morgan fingerprint density at radius 1 is 1.41 bits per heavy atom. The first-order valence-electron chi connectivity index (χ1n) is 5.20. The molecule has 0 saturated heterocycles. The number of hydrogen-bond donors (Lipinski definition) is 1. The number of aryl methyl sites for hydroxylation is 1. The predicted molar refractivity (Wildman–Crippen MR) is 62.2 cm³/mol. The predicted octanol–water partition coefficient (Wildman–Crippen LogP) is 1.62. The molecule has 0 spiro atoms. The molecule has 0 aliphatic carbocycles. The lowest BCUT2D eigenvalue weighted by molar-refractivity contribution is 0.410. The van der Waals surface area contributed by atoms with E-state index in [1.165, 1.54) is 13.2 Å². The summed E-state index contributed by atoms with van der Waals surface area (Å²) in [5, 5.41) is 4.02. The highest BCUT2D eigenvalue weighted by Crippen LogP contribution is 2.24. The molecule has 1 atom stereocenters. The van der Waals surface area contributed by atoms with Gasteiger partial charge in [-0.2, -0.15) is 5.10 Å². The third-order valence-electron chi connectivity index (χ3n) is 2.72. The molecular weight excluding hydrogens is 221 g/mol. The molecule has 1 aromatic carbocycles. The molecular formula is C12H14FN3O. The number of rotatable bonds is 3. The zero-order chi connectivity index (χ0) is 12.4. The van der Waals surface area contributed by atoms with Crippen LogP contribution in [-0.4, -0.2) is 16.9 Å². The molecule has 0 bridgehead atoms. The molecule has 0 aliphatic rings. The van der Waals surface area contributed by atoms with E-state index in [1.54, 1.807) is 36.1 Å². The lowest BCUT2D eigenvalue weighted by Crippen LogP contribution is -2.17. The molecule has 1 heterocycles. The monoisotopic (exact) mass is 235 g/mol. The van der Waals surface area contributed by atoms with Crippen LogP contribution in [-0.2, 0) is 7.05 Å². The average molecular weight is 235 g/mol. The summed E-state index contributed by atoms with van der Waals surface area (Å²) in [6, 6.07) is 5.88. The summed E-state index contributed by atoms with van der Waals surface area (Å²) in [6.45, 7) is 0. The zero-order valence-electron chi connectivity index (χ0n) is 9.72. The van der Waals surface area contributed by atoms with E-state index in [1.807, 2.05) is 0 Å². The van der Waals surface area contributed by atoms with E-state index in [4.69, 9.17) is 10.5 Å². The normalized spacial score (nSPS) is 12.5. The SMILES string of the molecule is COc1ccc(C(N)c2ccnn2C)c(F)c1. The Hall–Kier alpha value is -1.88. The van der Waals surface area contributed by atoms with E-state index in [0.717, 1.165) is 5.69 Å². The number of methoxy groups -OCH3 is 1. The van der Waals surface area contributed by atoms with Gasteiger partial charge in [0.1, 0.15) is 11.6 Å². The van der Waals surface area contributed by atoms with Crippen molar-refractivity contribution in [2.24, 2.45) is 12.8 Å². The van der Waals surface area contributed by atoms with Crippen molar-refractivity contribution in [3.8, 4) is 5.75 Å². The minimum absolute atomic E-state index is 0.377. The number of nitrogens with zero attached hydrogens (tertiary/aromatic N) is 2. The number of halogens is 1. The van der Waals surface area contributed by atoms with Gasteiger partial charge in [-0.25, -0.2) is 4.39 Å². The second-order valence-corrected chi connectivity index (χ2v) is 3.74. The van der Waals surface area contributed by atoms with Crippen molar-refractivity contribution in [3.63, 3.8) is 0 Å². The molecule has 17 heavy (non-hydrogen) atoms. The molecule has 1 unspecified atom stereocenters. The summed E-state index contributed by atoms with van der Waals surface area (Å²) in [6.07, 6.45) is 1.64. The summed E-state index contributed by atoms with van der Waals surface area (Å²) in [5.41, 5.74) is 7.20. The molecule has 1 aromatic heterocycles. The summed E-state index contributed by atoms with van der Waals surface area (Å²) in [5.74, 6) is 0.0986. The summed E-state index contributed by atoms with van der Waals surface area (Å²) < 4.78 is 20.4. The first kappa shape index (κ1) is 11.6. The first-order valence-corrected chi connectivity index (χ1v) is 5.20. The summed E-state index contributed by atoms with van der Waals surface area (Å²) in [7, 11) is 3.27. The minimum Gasteiger partial charge on any atom is -0.497 e. The van der Waals surface area contributed by atoms with Crippen molar-refractivity contribution in [2.75, 3.05) is 7.11 Å². The molecule has 0 radical (unpaired) electrons. The highest BCUT2D eigenvalue weighted by molar-refractivity contribution is 5.34. The molecule has 0 saturated carbocycles. The van der Waals surface area contributed by atoms with Crippen LogP contribution in [0.25, 0.3) is 0 Å². The van der Waals surface area contributed by atoms with E-state index < -0.39 is 6.04 Å². The van der Waals surface area contributed by atoms with Gasteiger partial charge in [-0.1, -0.05) is 6.07 Å². The fourth-order valence-corrected chi connectivity index (χ4v) is 1.74. The molecule has 5 heteroatoms. The molecule has 0 amide bonds. The Balaban J connectivity index is 2.38. The number of nitrogens with two attached hydrogens (primary N) is 1. The second-order valence-electron chi connectivity index (χ2n) is 3.74. The van der Waals surface area contributed by atoms with Gasteiger partial charge in [-0.05, 0) is 12.1 Å². The lowest BCUT2D eigenvalue weighted by Gasteiger charge is -2.14. The van der Waals surface area contributed by atoms with Gasteiger partial charge >= 0.3 is 0 Å². The van der Waals surface area contributed by atoms with Crippen LogP contribution in [0.4, 0.5) is 4.39 Å². The highest BCUT2D eigenvalue weighted by Gasteiger charge is 2.16. The Bertz CT molecular complexity index is 524. The lowest BCUT2D eigenvalue weighted by atomic mass is 10.0. The molecule has 2 N–H and O–H groups in total. The minimum atomic E-state index is -0.534. The van der Waals surface area contributed by atoms with Crippen molar-refractivity contribution in [1.82, 2.24) is 9.78 Å². The van der Waals surface area contributed by atoms with Crippen LogP contribution < -0.4 is 10.5 Å². The van der Waals surface area contributed by atoms with Gasteiger partial charge in [0.2, 0.25) is 0 Å². The van der Waals surface area contributed by atoms with Crippen LogP contribution in [0.3, 0.4) is 0 Å². The Kier molecular flexibility index (Phi) is 3.10. The van der Waals surface area contributed by atoms with Crippen LogP contribution in [0, 0.1) is 5.82 Å². The van der Waals surface area contributed by atoms with Gasteiger partial charge in [-0.3, -0.25) is 4.68 Å². The van der Waals surface area contributed by atoms with E-state index >= 15 is 0 Å². The topological polar surface area (TPSA) is 53.1 Å². The molecule has 0 aliphatic heterocycles. The van der Waals surface area contributed by atoms with Crippen molar-refractivity contribution in [3.05, 3.63) is 47.5 Å². The van der Waals surface area contributed by atoms with Crippen molar-refractivity contribution < 1.29 is 9.13 Å². The fraction of sp³-hybridized carbons (Fsp3) is 0.250. The van der Waals surface area contributed by atoms with Crippen molar-refractivity contribution in [1.29, 1.82) is 0 Å². The van der Waals surface area contributed by atoms with Crippen LogP contribution in [0.15, 0.2) is 30.5 Å². The number of aromatic nitrogens is 2. The van der Waals surface area contributed by atoms with E-state index in [0.29, 0.717) is 11.3 Å². The van der Waals surface area contributed by atoms with Gasteiger partial charge < -0.3 is 10.5 Å². The van der Waals surface area contributed by atoms with Crippen molar-refractivity contribution in [2.45, 2.75) is 6.04 Å². The number of benzene rings is 1. The van der Waals surface area contributed by atoms with Gasteiger partial charge in [0.05, 0.1) is 18.8 Å². The molecule has 2 aromatic rings. The smallest absolute Gasteiger partial charge is 0.132 e. The molecule has 4 nitrogen and oxygen atoms in total. The highest BCUT2D eigenvalue weighted by atomic mass is 19.1. The third-order valence-corrected chi connectivity index (χ3v) is 2.72. The maximum atomic E-state index is 13.8. The Morgan fingerprint density at radius 2 is 2.18 bits per heavy atom. The van der Waals surface area contributed by atoms with E-state index in [-0.39, 0.29) is 5.82 Å². The largest absolute Gasteiger partial charge is 0.497 e. The van der Waals surface area contributed by atoms with E-state index in [2.05, 4.69) is 5.10 Å². The van der Waals surface area contributed by atoms with E-state index in [9.17, 15) is 4.39 Å². The molecule has 2 rings (SSSR count). The quantitative estimate of drug-likeness (QED) is 0.879. The zero-order valence-corrected chi connectivity index (χ0v) is 9.72. The van der Waals surface area contributed by atoms with Crippen LogP contribution in [0.1, 0.15) is 17.3 Å². The Labute approximate surface area is 98.8 Å². The molecule has 90 valence electrons. The number of ether oxygens (including phenoxy) is 1. The van der Waals surface area contributed by atoms with Gasteiger partial charge in [0, 0.05) is 24.9 Å². The Morgan fingerprint density at radius 3 is 2.71 bits per heavy atom. The van der Waals surface area contributed by atoms with Gasteiger partial charge in [0.15, 0.2) is 0 Å². The first-order chi connectivity index (χ1) is 8.13. The van der Waals surface area contributed by atoms with Crippen LogP contribution in [0.2, 0.25) is 0 Å².